The number of carbonyl (C=O) groups is 1. The highest BCUT2D eigenvalue weighted by Crippen LogP contribution is 2.38. The zero-order valence-electron chi connectivity index (χ0n) is 12.0. The first kappa shape index (κ1) is 14.0. The first-order valence-corrected chi connectivity index (χ1v) is 7.25. The molecule has 3 aliphatic rings. The fourth-order valence-electron chi connectivity index (χ4n) is 3.66. The smallest absolute Gasteiger partial charge is 0.390 e. The van der Waals surface area contributed by atoms with Gasteiger partial charge in [0.1, 0.15) is 11.7 Å². The van der Waals surface area contributed by atoms with Crippen molar-refractivity contribution in [3.8, 4) is 0 Å². The molecule has 6 heteroatoms. The summed E-state index contributed by atoms with van der Waals surface area (Å²) in [6, 6.07) is 15.0. The molecule has 2 aromatic carbocycles. The summed E-state index contributed by atoms with van der Waals surface area (Å²) < 4.78 is 1.85. The standard InChI is InChI=1S/C17H12N4O.ClH/c18-17-20-13-9-5-1-3-7-11(9)19-14(13)15-16(22)10-6-2-4-8-12(10)21(15)17;/h1-8,14-15H,(H2,18,19,20);1H. The number of carbonyl (C=O) groups excluding carboxylic acids is 1. The van der Waals surface area contributed by atoms with E-state index in [9.17, 15) is 4.79 Å². The van der Waals surface area contributed by atoms with E-state index in [1.54, 1.807) is 0 Å². The minimum Gasteiger partial charge on any atom is -1.00 e. The third-order valence-electron chi connectivity index (χ3n) is 4.58. The van der Waals surface area contributed by atoms with Gasteiger partial charge in [0.2, 0.25) is 5.78 Å². The fraction of sp³-hybridized carbons (Fsp3) is 0.118. The van der Waals surface area contributed by atoms with Crippen LogP contribution in [0.4, 0.5) is 11.4 Å². The maximum absolute atomic E-state index is 12.9. The molecule has 0 aromatic heterocycles. The Morgan fingerprint density at radius 1 is 1.04 bits per heavy atom. The van der Waals surface area contributed by atoms with Gasteiger partial charge >= 0.3 is 5.96 Å². The summed E-state index contributed by atoms with van der Waals surface area (Å²) in [5, 5.41) is 3.43. The zero-order valence-corrected chi connectivity index (χ0v) is 12.8. The molecule has 5 rings (SSSR count). The van der Waals surface area contributed by atoms with E-state index < -0.39 is 0 Å². The van der Waals surface area contributed by atoms with Gasteiger partial charge in [-0.15, -0.1) is 0 Å². The van der Waals surface area contributed by atoms with Gasteiger partial charge in [0.15, 0.2) is 11.8 Å². The minimum absolute atomic E-state index is 0. The van der Waals surface area contributed by atoms with Crippen LogP contribution in [0, 0.1) is 0 Å². The normalized spacial score (nSPS) is 23.1. The monoisotopic (exact) mass is 324 g/mol. The third kappa shape index (κ3) is 1.65. The Kier molecular flexibility index (Phi) is 2.83. The Labute approximate surface area is 139 Å². The van der Waals surface area contributed by atoms with Crippen LogP contribution in [0.5, 0.6) is 0 Å². The molecule has 23 heavy (non-hydrogen) atoms. The lowest BCUT2D eigenvalue weighted by molar-refractivity contribution is -0.463. The Hall–Kier alpha value is -2.66. The van der Waals surface area contributed by atoms with Gasteiger partial charge in [-0.1, -0.05) is 29.3 Å². The highest BCUT2D eigenvalue weighted by molar-refractivity contribution is 6.22. The number of aliphatic imine (C=N–C) groups is 1. The largest absolute Gasteiger partial charge is 1.00 e. The zero-order chi connectivity index (χ0) is 14.8. The maximum Gasteiger partial charge on any atom is 0.390 e. The van der Waals surface area contributed by atoms with Crippen LogP contribution in [0.3, 0.4) is 0 Å². The van der Waals surface area contributed by atoms with Crippen molar-refractivity contribution in [2.45, 2.75) is 12.1 Å². The average molecular weight is 325 g/mol. The second-order valence-electron chi connectivity index (χ2n) is 5.72. The van der Waals surface area contributed by atoms with Gasteiger partial charge < -0.3 is 17.7 Å². The Balaban J connectivity index is 0.00000135. The lowest BCUT2D eigenvalue weighted by Crippen LogP contribution is -3.00. The topological polar surface area (TPSA) is 70.5 Å². The van der Waals surface area contributed by atoms with Crippen molar-refractivity contribution in [1.29, 1.82) is 0 Å². The summed E-state index contributed by atoms with van der Waals surface area (Å²) in [4.78, 5) is 17.4. The molecule has 3 aliphatic heterocycles. The minimum atomic E-state index is -0.364. The van der Waals surface area contributed by atoms with Crippen molar-refractivity contribution in [3.05, 3.63) is 59.7 Å². The van der Waals surface area contributed by atoms with Crippen LogP contribution in [0.2, 0.25) is 0 Å². The van der Waals surface area contributed by atoms with Crippen molar-refractivity contribution in [2.24, 2.45) is 10.7 Å². The van der Waals surface area contributed by atoms with E-state index in [-0.39, 0.29) is 30.3 Å². The van der Waals surface area contributed by atoms with Crippen molar-refractivity contribution in [1.82, 2.24) is 0 Å². The highest BCUT2D eigenvalue weighted by Gasteiger charge is 2.52. The molecule has 0 saturated heterocycles. The van der Waals surface area contributed by atoms with E-state index in [0.29, 0.717) is 11.5 Å². The van der Waals surface area contributed by atoms with Crippen LogP contribution < -0.4 is 23.5 Å². The van der Waals surface area contributed by atoms with Crippen LogP contribution in [-0.4, -0.2) is 34.1 Å². The molecule has 0 spiro atoms. The number of halogens is 1. The van der Waals surface area contributed by atoms with Gasteiger partial charge in [0, 0.05) is 11.3 Å². The molecule has 0 amide bonds. The number of Topliss-reactive ketones (excluding diaryl/α,β-unsaturated/α-hetero) is 1. The maximum atomic E-state index is 12.9. The first-order chi connectivity index (χ1) is 10.8. The van der Waals surface area contributed by atoms with E-state index >= 15 is 0 Å². The number of nitrogens with two attached hydrogens (primary N) is 1. The molecular formula is C17H13ClN4O. The number of ketones is 1. The van der Waals surface area contributed by atoms with E-state index in [1.165, 1.54) is 0 Å². The third-order valence-corrected chi connectivity index (χ3v) is 4.58. The van der Waals surface area contributed by atoms with E-state index in [1.807, 2.05) is 53.1 Å². The van der Waals surface area contributed by atoms with Crippen molar-refractivity contribution >= 4 is 28.8 Å². The Morgan fingerprint density at radius 3 is 2.57 bits per heavy atom. The molecule has 3 N–H and O–H groups in total. The number of rotatable bonds is 0. The molecule has 0 fully saturated rings. The predicted octanol–water partition coefficient (Wildman–Crippen LogP) is -1.49. The molecule has 114 valence electrons. The summed E-state index contributed by atoms with van der Waals surface area (Å²) in [5.74, 6) is 0.476. The van der Waals surface area contributed by atoms with Gasteiger partial charge in [0.25, 0.3) is 0 Å². The second-order valence-corrected chi connectivity index (χ2v) is 5.72. The number of hydrogen-bond acceptors (Lipinski definition) is 4. The van der Waals surface area contributed by atoms with Crippen molar-refractivity contribution in [3.63, 3.8) is 0 Å². The predicted molar refractivity (Wildman–Crippen MR) is 84.1 cm³/mol. The number of hydrogen-bond donors (Lipinski definition) is 2. The number of nitrogens with one attached hydrogen (secondary N) is 1. The summed E-state index contributed by atoms with van der Waals surface area (Å²) in [6.07, 6.45) is 0. The molecule has 0 radical (unpaired) electrons. The summed E-state index contributed by atoms with van der Waals surface area (Å²) in [7, 11) is 0. The fourth-order valence-corrected chi connectivity index (χ4v) is 3.66. The number of anilines is 1. The molecule has 2 unspecified atom stereocenters. The first-order valence-electron chi connectivity index (χ1n) is 7.25. The second kappa shape index (κ2) is 4.67. The number of benzene rings is 2. The Morgan fingerprint density at radius 2 is 1.74 bits per heavy atom. The van der Waals surface area contributed by atoms with Gasteiger partial charge in [-0.2, -0.15) is 0 Å². The van der Waals surface area contributed by atoms with Gasteiger partial charge in [0.05, 0.1) is 5.56 Å². The lowest BCUT2D eigenvalue weighted by atomic mass is 9.96. The van der Waals surface area contributed by atoms with E-state index in [0.717, 1.165) is 22.6 Å². The van der Waals surface area contributed by atoms with Crippen LogP contribution in [0.25, 0.3) is 0 Å². The van der Waals surface area contributed by atoms with Gasteiger partial charge in [-0.3, -0.25) is 10.5 Å². The highest BCUT2D eigenvalue weighted by atomic mass is 35.5. The molecule has 3 heterocycles. The molecule has 0 aliphatic carbocycles. The number of fused-ring (bicyclic) bond motifs is 7. The van der Waals surface area contributed by atoms with Gasteiger partial charge in [-0.25, -0.2) is 4.58 Å². The molecule has 0 bridgehead atoms. The van der Waals surface area contributed by atoms with Crippen LogP contribution in [-0.2, 0) is 0 Å². The van der Waals surface area contributed by atoms with Crippen LogP contribution in [0.15, 0.2) is 53.5 Å². The Bertz CT molecular complexity index is 918. The van der Waals surface area contributed by atoms with Crippen molar-refractivity contribution < 1.29 is 21.8 Å². The molecule has 0 saturated carbocycles. The quantitative estimate of drug-likeness (QED) is 0.580. The van der Waals surface area contributed by atoms with E-state index in [4.69, 9.17) is 5.73 Å². The SMILES string of the molecule is NC1=[N+]2c3ccccc3C(=O)C2C2Nc3ccccc3C2=N1.[Cl-]. The molecule has 2 aromatic rings. The molecule has 5 nitrogen and oxygen atoms in total. The summed E-state index contributed by atoms with van der Waals surface area (Å²) in [6.45, 7) is 0. The average Bonchev–Trinajstić information content (AvgIpc) is 3.05. The van der Waals surface area contributed by atoms with Crippen molar-refractivity contribution in [2.75, 3.05) is 5.32 Å². The summed E-state index contributed by atoms with van der Waals surface area (Å²) >= 11 is 0. The van der Waals surface area contributed by atoms with E-state index in [2.05, 4.69) is 10.3 Å². The summed E-state index contributed by atoms with van der Waals surface area (Å²) in [5.41, 5.74) is 10.6. The van der Waals surface area contributed by atoms with Crippen LogP contribution >= 0.6 is 0 Å². The number of nitrogens with zero attached hydrogens (tertiary/aromatic N) is 2. The lowest BCUT2D eigenvalue weighted by Gasteiger charge is -2.22. The number of para-hydroxylation sites is 2. The van der Waals surface area contributed by atoms with Crippen LogP contribution in [0.1, 0.15) is 15.9 Å². The van der Waals surface area contributed by atoms with Gasteiger partial charge in [-0.05, 0) is 24.3 Å². The molecular weight excluding hydrogens is 312 g/mol. The molecule has 2 atom stereocenters. The number of guanidine groups is 1.